The lowest BCUT2D eigenvalue weighted by Gasteiger charge is -2.28. The minimum Gasteiger partial charge on any atom is -0.431 e. The Hall–Kier alpha value is -1.78. The highest BCUT2D eigenvalue weighted by Crippen LogP contribution is 2.60. The van der Waals surface area contributed by atoms with Crippen LogP contribution in [0.2, 0.25) is 0 Å². The van der Waals surface area contributed by atoms with Gasteiger partial charge in [-0.1, -0.05) is 0 Å². The van der Waals surface area contributed by atoms with Gasteiger partial charge in [0.15, 0.2) is 0 Å². The molecule has 10 nitrogen and oxygen atoms in total. The van der Waals surface area contributed by atoms with Crippen LogP contribution < -0.4 is 0 Å². The molecular weight excluding hydrogens is 456 g/mol. The Bertz CT molecular complexity index is 988. The van der Waals surface area contributed by atoms with Crippen LogP contribution in [-0.4, -0.2) is 55.5 Å². The quantitative estimate of drug-likeness (QED) is 0.151. The van der Waals surface area contributed by atoms with Crippen LogP contribution in [0.4, 0.5) is 17.6 Å². The summed E-state index contributed by atoms with van der Waals surface area (Å²) in [7, 11) is -10.6. The second kappa shape index (κ2) is 6.36. The van der Waals surface area contributed by atoms with E-state index < -0.39 is 60.3 Å². The minimum absolute atomic E-state index is 0.0667. The van der Waals surface area contributed by atoms with Crippen molar-refractivity contribution in [3.05, 3.63) is 12.3 Å². The summed E-state index contributed by atoms with van der Waals surface area (Å²) in [6.07, 6.45) is -5.46. The van der Waals surface area contributed by atoms with Crippen molar-refractivity contribution in [3.8, 4) is 0 Å². The molecule has 2 aliphatic carbocycles. The maximum absolute atomic E-state index is 13.7. The lowest BCUT2D eigenvalue weighted by atomic mass is 9.94. The SMILES string of the molecule is O=C(/C=C\OC(=O)C(F)(C(F)(F)F)S(=O)(=O)O)OC12CC3CC1C(C3)S(=O)(=O)O2. The van der Waals surface area contributed by atoms with Crippen LogP contribution in [0.5, 0.6) is 0 Å². The first kappa shape index (κ1) is 21.9. The van der Waals surface area contributed by atoms with E-state index in [2.05, 4.69) is 4.74 Å². The van der Waals surface area contributed by atoms with Gasteiger partial charge in [0.05, 0.1) is 11.3 Å². The number of fused-ring (bicyclic) bond motifs is 1. The van der Waals surface area contributed by atoms with Crippen molar-refractivity contribution in [3.63, 3.8) is 0 Å². The molecule has 0 radical (unpaired) electrons. The van der Waals surface area contributed by atoms with Crippen molar-refractivity contribution in [2.45, 2.75) is 41.5 Å². The monoisotopic (exact) mass is 468 g/mol. The van der Waals surface area contributed by atoms with E-state index in [4.69, 9.17) is 13.5 Å². The summed E-state index contributed by atoms with van der Waals surface area (Å²) in [6.45, 7) is 0. The zero-order valence-corrected chi connectivity index (χ0v) is 15.6. The summed E-state index contributed by atoms with van der Waals surface area (Å²) in [4.78, 5) is 23.1. The summed E-state index contributed by atoms with van der Waals surface area (Å²) in [5.41, 5.74) is 0. The van der Waals surface area contributed by atoms with Crippen LogP contribution in [0.3, 0.4) is 0 Å². The van der Waals surface area contributed by atoms with Gasteiger partial charge in [-0.3, -0.25) is 4.55 Å². The zero-order valence-electron chi connectivity index (χ0n) is 14.0. The number of rotatable bonds is 5. The average Bonchev–Trinajstić information content (AvgIpc) is 3.11. The molecule has 5 atom stereocenters. The molecule has 1 N–H and O–H groups in total. The fourth-order valence-corrected chi connectivity index (χ4v) is 6.41. The molecule has 2 bridgehead atoms. The summed E-state index contributed by atoms with van der Waals surface area (Å²) in [6, 6.07) is 0. The summed E-state index contributed by atoms with van der Waals surface area (Å²) in [5, 5.41) is -6.64. The highest BCUT2D eigenvalue weighted by molar-refractivity contribution is 7.88. The molecule has 0 spiro atoms. The predicted molar refractivity (Wildman–Crippen MR) is 80.1 cm³/mol. The lowest BCUT2D eigenvalue weighted by molar-refractivity contribution is -0.211. The molecule has 1 saturated heterocycles. The van der Waals surface area contributed by atoms with Crippen molar-refractivity contribution in [1.82, 2.24) is 0 Å². The fourth-order valence-electron chi connectivity index (χ4n) is 3.89. The normalized spacial score (nSPS) is 34.9. The van der Waals surface area contributed by atoms with Crippen LogP contribution >= 0.6 is 0 Å². The van der Waals surface area contributed by atoms with Gasteiger partial charge >= 0.3 is 33.2 Å². The largest absolute Gasteiger partial charge is 0.451 e. The van der Waals surface area contributed by atoms with Crippen LogP contribution in [0.15, 0.2) is 12.3 Å². The maximum atomic E-state index is 13.7. The van der Waals surface area contributed by atoms with Crippen LogP contribution in [0.25, 0.3) is 0 Å². The molecule has 1 heterocycles. The Morgan fingerprint density at radius 3 is 2.34 bits per heavy atom. The lowest BCUT2D eigenvalue weighted by Crippen LogP contribution is -2.54. The Morgan fingerprint density at radius 1 is 1.21 bits per heavy atom. The number of hydrogen-bond acceptors (Lipinski definition) is 9. The Balaban J connectivity index is 1.69. The Morgan fingerprint density at radius 2 is 1.83 bits per heavy atom. The number of alkyl halides is 4. The number of halogens is 4. The van der Waals surface area contributed by atoms with Gasteiger partial charge in [-0.05, 0) is 18.8 Å². The molecule has 5 unspecified atom stereocenters. The Labute approximate surface area is 160 Å². The van der Waals surface area contributed by atoms with Gasteiger partial charge in [0.1, 0.15) is 6.26 Å². The summed E-state index contributed by atoms with van der Waals surface area (Å²) in [5.74, 6) is -6.98. The number of carbonyl (C=O) groups excluding carboxylic acids is 2. The van der Waals surface area contributed by atoms with E-state index in [1.807, 2.05) is 0 Å². The van der Waals surface area contributed by atoms with Gasteiger partial charge in [0, 0.05) is 12.3 Å². The van der Waals surface area contributed by atoms with Gasteiger partial charge in [-0.25, -0.2) is 18.2 Å². The number of ether oxygens (including phenoxy) is 2. The third kappa shape index (κ3) is 3.30. The molecule has 0 aromatic rings. The van der Waals surface area contributed by atoms with Gasteiger partial charge in [0.25, 0.3) is 10.1 Å². The molecule has 0 amide bonds. The summed E-state index contributed by atoms with van der Waals surface area (Å²) < 4.78 is 119. The Kier molecular flexibility index (Phi) is 4.80. The average molecular weight is 468 g/mol. The molecule has 16 heteroatoms. The van der Waals surface area contributed by atoms with E-state index in [1.54, 1.807) is 0 Å². The van der Waals surface area contributed by atoms with E-state index in [1.165, 1.54) is 0 Å². The fraction of sp³-hybridized carbons (Fsp3) is 0.692. The van der Waals surface area contributed by atoms with Crippen molar-refractivity contribution in [1.29, 1.82) is 0 Å². The number of esters is 2. The highest BCUT2D eigenvalue weighted by Gasteiger charge is 2.73. The van der Waals surface area contributed by atoms with E-state index in [-0.39, 0.29) is 24.7 Å². The minimum atomic E-state index is -6.62. The van der Waals surface area contributed by atoms with Crippen molar-refractivity contribution in [2.75, 3.05) is 0 Å². The molecular formula is C13H12F4O10S2. The predicted octanol–water partition coefficient (Wildman–Crippen LogP) is 0.557. The second-order valence-corrected chi connectivity index (χ2v) is 10.0. The molecule has 3 rings (SSSR count). The molecule has 29 heavy (non-hydrogen) atoms. The first-order chi connectivity index (χ1) is 13.0. The van der Waals surface area contributed by atoms with E-state index in [0.29, 0.717) is 12.8 Å². The van der Waals surface area contributed by atoms with Crippen LogP contribution in [0, 0.1) is 11.8 Å². The van der Waals surface area contributed by atoms with Gasteiger partial charge in [0.2, 0.25) is 5.79 Å². The smallest absolute Gasteiger partial charge is 0.431 e. The van der Waals surface area contributed by atoms with Crippen molar-refractivity contribution in [2.24, 2.45) is 11.8 Å². The maximum Gasteiger partial charge on any atom is 0.451 e. The van der Waals surface area contributed by atoms with E-state index in [0.717, 1.165) is 0 Å². The molecule has 3 aliphatic rings. The van der Waals surface area contributed by atoms with Gasteiger partial charge in [-0.2, -0.15) is 30.0 Å². The number of carbonyl (C=O) groups is 2. The zero-order chi connectivity index (χ0) is 22.0. The molecule has 1 aliphatic heterocycles. The second-order valence-electron chi connectivity index (χ2n) is 6.77. The molecule has 3 fully saturated rings. The van der Waals surface area contributed by atoms with Gasteiger partial charge in [-0.15, -0.1) is 0 Å². The molecule has 2 saturated carbocycles. The summed E-state index contributed by atoms with van der Waals surface area (Å²) >= 11 is 0. The van der Waals surface area contributed by atoms with Crippen molar-refractivity contribution >= 4 is 32.2 Å². The first-order valence-corrected chi connectivity index (χ1v) is 10.7. The first-order valence-electron chi connectivity index (χ1n) is 7.81. The van der Waals surface area contributed by atoms with Crippen molar-refractivity contribution < 1.29 is 62.2 Å². The standard InChI is InChI=1S/C13H12F4O10S2/c14-12(13(15,16)17,29(22,23)24)10(19)25-2-1-9(18)26-11-5-6-3-7(11)8(4-6)28(20,21)27-11/h1-2,6-8H,3-5H2,(H,22,23,24)/b2-1-. The third-order valence-electron chi connectivity index (χ3n) is 5.00. The topological polar surface area (TPSA) is 150 Å². The third-order valence-corrected chi connectivity index (χ3v) is 7.89. The van der Waals surface area contributed by atoms with E-state index in [9.17, 15) is 44.0 Å². The molecule has 0 aromatic carbocycles. The van der Waals surface area contributed by atoms with Crippen LogP contribution in [-0.2, 0) is 43.5 Å². The van der Waals surface area contributed by atoms with Crippen LogP contribution in [0.1, 0.15) is 19.3 Å². The van der Waals surface area contributed by atoms with E-state index >= 15 is 0 Å². The van der Waals surface area contributed by atoms with Gasteiger partial charge < -0.3 is 9.47 Å². The highest BCUT2D eigenvalue weighted by atomic mass is 32.2. The molecule has 164 valence electrons. The number of hydrogen-bond donors (Lipinski definition) is 1. The molecule has 0 aromatic heterocycles.